The zero-order valence-electron chi connectivity index (χ0n) is 21.8. The number of fused-ring (bicyclic) bond motifs is 6. The Kier molecular flexibility index (Phi) is 5.17. The van der Waals surface area contributed by atoms with Crippen molar-refractivity contribution in [2.45, 2.75) is 0 Å². The Bertz CT molecular complexity index is 2160. The van der Waals surface area contributed by atoms with Gasteiger partial charge in [0.2, 0.25) is 0 Å². The molecule has 0 atom stereocenters. The smallest absolute Gasteiger partial charge is 0.143 e. The molecule has 0 spiro atoms. The molecule has 0 aliphatic heterocycles. The van der Waals surface area contributed by atoms with Crippen LogP contribution in [0.3, 0.4) is 0 Å². The lowest BCUT2D eigenvalue weighted by Crippen LogP contribution is -2.09. The van der Waals surface area contributed by atoms with Crippen LogP contribution >= 0.6 is 0 Å². The fourth-order valence-corrected chi connectivity index (χ4v) is 5.83. The highest BCUT2D eigenvalue weighted by atomic mass is 16.3. The van der Waals surface area contributed by atoms with Gasteiger partial charge in [-0.1, -0.05) is 97.1 Å². The van der Waals surface area contributed by atoms with Crippen molar-refractivity contribution in [3.63, 3.8) is 0 Å². The summed E-state index contributed by atoms with van der Waals surface area (Å²) < 4.78 is 6.51. The maximum absolute atomic E-state index is 6.51. The number of rotatable bonds is 4. The van der Waals surface area contributed by atoms with E-state index < -0.39 is 0 Å². The van der Waals surface area contributed by atoms with Gasteiger partial charge in [0.25, 0.3) is 0 Å². The van der Waals surface area contributed by atoms with E-state index in [4.69, 9.17) is 4.42 Å². The molecular formula is C38H25NO. The van der Waals surface area contributed by atoms with Gasteiger partial charge in [-0.15, -0.1) is 0 Å². The number of hydrogen-bond donors (Lipinski definition) is 0. The normalized spacial score (nSPS) is 11.5. The van der Waals surface area contributed by atoms with E-state index in [0.717, 1.165) is 44.4 Å². The monoisotopic (exact) mass is 511 g/mol. The van der Waals surface area contributed by atoms with Crippen molar-refractivity contribution in [2.75, 3.05) is 4.90 Å². The van der Waals surface area contributed by atoms with Gasteiger partial charge in [-0.2, -0.15) is 0 Å². The predicted molar refractivity (Wildman–Crippen MR) is 169 cm³/mol. The van der Waals surface area contributed by atoms with Crippen LogP contribution in [-0.4, -0.2) is 0 Å². The Balaban J connectivity index is 1.24. The molecule has 1 heterocycles. The van der Waals surface area contributed by atoms with Crippen LogP contribution in [0.5, 0.6) is 0 Å². The van der Waals surface area contributed by atoms with Crippen molar-refractivity contribution in [1.82, 2.24) is 0 Å². The van der Waals surface area contributed by atoms with Gasteiger partial charge in [-0.3, -0.25) is 0 Å². The fraction of sp³-hybridized carbons (Fsp3) is 0. The molecule has 188 valence electrons. The molecule has 8 aromatic rings. The van der Waals surface area contributed by atoms with Crippen LogP contribution < -0.4 is 4.90 Å². The van der Waals surface area contributed by atoms with Gasteiger partial charge in [-0.25, -0.2) is 0 Å². The van der Waals surface area contributed by atoms with E-state index in [-0.39, 0.29) is 0 Å². The lowest BCUT2D eigenvalue weighted by atomic mass is 10.0. The van der Waals surface area contributed by atoms with Crippen molar-refractivity contribution >= 4 is 60.5 Å². The summed E-state index contributed by atoms with van der Waals surface area (Å²) in [6, 6.07) is 53.8. The Morgan fingerprint density at radius 3 is 1.85 bits per heavy atom. The van der Waals surface area contributed by atoms with E-state index in [0.29, 0.717) is 0 Å². The number of hydrogen-bond acceptors (Lipinski definition) is 2. The highest BCUT2D eigenvalue weighted by molar-refractivity contribution is 6.15. The molecule has 0 fully saturated rings. The van der Waals surface area contributed by atoms with Gasteiger partial charge in [-0.05, 0) is 75.8 Å². The van der Waals surface area contributed by atoms with Crippen molar-refractivity contribution in [3.05, 3.63) is 152 Å². The maximum atomic E-state index is 6.51. The zero-order chi connectivity index (χ0) is 26.5. The summed E-state index contributed by atoms with van der Waals surface area (Å²) in [4.78, 5) is 2.29. The number of anilines is 3. The van der Waals surface area contributed by atoms with E-state index >= 15 is 0 Å². The molecule has 8 rings (SSSR count). The summed E-state index contributed by atoms with van der Waals surface area (Å²) in [5.41, 5.74) is 7.49. The lowest BCUT2D eigenvalue weighted by Gasteiger charge is -2.25. The average Bonchev–Trinajstić information content (AvgIpc) is 3.40. The summed E-state index contributed by atoms with van der Waals surface area (Å²) in [7, 11) is 0. The van der Waals surface area contributed by atoms with Crippen LogP contribution in [-0.2, 0) is 0 Å². The van der Waals surface area contributed by atoms with Gasteiger partial charge in [0, 0.05) is 39.3 Å². The quantitative estimate of drug-likeness (QED) is 0.234. The molecule has 2 nitrogen and oxygen atoms in total. The molecule has 0 radical (unpaired) electrons. The molecule has 0 aliphatic carbocycles. The number of nitrogens with zero attached hydrogens (tertiary/aromatic N) is 1. The third-order valence-corrected chi connectivity index (χ3v) is 7.83. The van der Waals surface area contributed by atoms with E-state index in [1.54, 1.807) is 0 Å². The highest BCUT2D eigenvalue weighted by Gasteiger charge is 2.16. The van der Waals surface area contributed by atoms with Gasteiger partial charge >= 0.3 is 0 Å². The second kappa shape index (κ2) is 9.14. The van der Waals surface area contributed by atoms with Crippen molar-refractivity contribution < 1.29 is 4.42 Å². The van der Waals surface area contributed by atoms with Crippen LogP contribution in [0, 0.1) is 0 Å². The summed E-state index contributed by atoms with van der Waals surface area (Å²) >= 11 is 0. The summed E-state index contributed by atoms with van der Waals surface area (Å²) in [6.07, 6.45) is 0. The molecule has 1 aromatic heterocycles. The molecule has 7 aromatic carbocycles. The summed E-state index contributed by atoms with van der Waals surface area (Å²) in [5, 5.41) is 7.11. The first-order chi connectivity index (χ1) is 19.8. The van der Waals surface area contributed by atoms with Gasteiger partial charge < -0.3 is 9.32 Å². The minimum atomic E-state index is 0.887. The van der Waals surface area contributed by atoms with Gasteiger partial charge in [0.05, 0.1) is 0 Å². The van der Waals surface area contributed by atoms with Crippen LogP contribution in [0.15, 0.2) is 156 Å². The first-order valence-electron chi connectivity index (χ1n) is 13.6. The minimum absolute atomic E-state index is 0.887. The topological polar surface area (TPSA) is 16.4 Å². The SMILES string of the molecule is c1ccc(N(c2ccc(-c3ccc4ccccc4c3)cc2)c2ccc3c(c2)oc2c4ccccc4ccc32)cc1. The van der Waals surface area contributed by atoms with E-state index in [2.05, 4.69) is 157 Å². The Hall–Kier alpha value is -5.34. The Morgan fingerprint density at radius 2 is 1.00 bits per heavy atom. The summed E-state index contributed by atoms with van der Waals surface area (Å²) in [5.74, 6) is 0. The number of furan rings is 1. The number of benzene rings is 7. The molecule has 0 saturated heterocycles. The second-order valence-corrected chi connectivity index (χ2v) is 10.2. The predicted octanol–water partition coefficient (Wildman–Crippen LogP) is 11.0. The standard InChI is InChI=1S/C38H25NO/c1-2-11-31(12-3-1)39(32-19-16-27(17-20-32)30-15-14-26-8-4-5-10-29(26)24-30)33-21-23-35-36-22-18-28-9-6-7-13-34(28)38(36)40-37(35)25-33/h1-25H. The fourth-order valence-electron chi connectivity index (χ4n) is 5.83. The van der Waals surface area contributed by atoms with Gasteiger partial charge in [0.1, 0.15) is 11.2 Å². The zero-order valence-corrected chi connectivity index (χ0v) is 21.8. The van der Waals surface area contributed by atoms with Crippen molar-refractivity contribution in [3.8, 4) is 11.1 Å². The largest absolute Gasteiger partial charge is 0.455 e. The third-order valence-electron chi connectivity index (χ3n) is 7.83. The highest BCUT2D eigenvalue weighted by Crippen LogP contribution is 2.40. The maximum Gasteiger partial charge on any atom is 0.143 e. The minimum Gasteiger partial charge on any atom is -0.455 e. The first-order valence-corrected chi connectivity index (χ1v) is 13.6. The van der Waals surface area contributed by atoms with Crippen molar-refractivity contribution in [2.24, 2.45) is 0 Å². The van der Waals surface area contributed by atoms with E-state index in [1.807, 2.05) is 0 Å². The first kappa shape index (κ1) is 22.6. The molecule has 0 bridgehead atoms. The van der Waals surface area contributed by atoms with E-state index in [1.165, 1.54) is 27.3 Å². The van der Waals surface area contributed by atoms with Crippen LogP contribution in [0.25, 0.3) is 54.6 Å². The molecule has 0 aliphatic rings. The van der Waals surface area contributed by atoms with Crippen molar-refractivity contribution in [1.29, 1.82) is 0 Å². The average molecular weight is 512 g/mol. The molecule has 0 saturated carbocycles. The second-order valence-electron chi connectivity index (χ2n) is 10.2. The molecular weight excluding hydrogens is 486 g/mol. The van der Waals surface area contributed by atoms with Gasteiger partial charge in [0.15, 0.2) is 0 Å². The third kappa shape index (κ3) is 3.73. The van der Waals surface area contributed by atoms with E-state index in [9.17, 15) is 0 Å². The Morgan fingerprint density at radius 1 is 0.375 bits per heavy atom. The molecule has 0 N–H and O–H groups in total. The van der Waals surface area contributed by atoms with Crippen LogP contribution in [0.2, 0.25) is 0 Å². The summed E-state index contributed by atoms with van der Waals surface area (Å²) in [6.45, 7) is 0. The molecule has 40 heavy (non-hydrogen) atoms. The molecule has 0 unspecified atom stereocenters. The molecule has 0 amide bonds. The lowest BCUT2D eigenvalue weighted by molar-refractivity contribution is 0.672. The van der Waals surface area contributed by atoms with Crippen LogP contribution in [0.1, 0.15) is 0 Å². The Labute approximate surface area is 232 Å². The molecule has 2 heteroatoms. The number of para-hydroxylation sites is 1. The van der Waals surface area contributed by atoms with Crippen LogP contribution in [0.4, 0.5) is 17.1 Å².